The first-order valence-corrected chi connectivity index (χ1v) is 7.34. The standard InChI is InChI=1S/C20H18O2/c1-3-10-19(11-4-1)21-15-17-8-7-9-18(14-17)16-22-20-12-5-2-6-13-20/h1-14H,15-16H2. The number of benzene rings is 3. The number of hydrogen-bond donors (Lipinski definition) is 0. The summed E-state index contributed by atoms with van der Waals surface area (Å²) in [6, 6.07) is 28.0. The summed E-state index contributed by atoms with van der Waals surface area (Å²) in [5.74, 6) is 1.77. The van der Waals surface area contributed by atoms with Gasteiger partial charge in [0.25, 0.3) is 0 Å². The molecule has 0 aliphatic carbocycles. The van der Waals surface area contributed by atoms with E-state index in [0.717, 1.165) is 22.6 Å². The van der Waals surface area contributed by atoms with Crippen molar-refractivity contribution in [1.29, 1.82) is 0 Å². The molecular formula is C20H18O2. The van der Waals surface area contributed by atoms with E-state index < -0.39 is 0 Å². The second-order valence-electron chi connectivity index (χ2n) is 5.02. The average Bonchev–Trinajstić information content (AvgIpc) is 2.60. The van der Waals surface area contributed by atoms with Gasteiger partial charge in [-0.2, -0.15) is 0 Å². The van der Waals surface area contributed by atoms with E-state index in [0.29, 0.717) is 13.2 Å². The minimum Gasteiger partial charge on any atom is -0.489 e. The van der Waals surface area contributed by atoms with Crippen molar-refractivity contribution in [2.45, 2.75) is 13.2 Å². The molecule has 0 radical (unpaired) electrons. The van der Waals surface area contributed by atoms with Crippen molar-refractivity contribution in [3.63, 3.8) is 0 Å². The summed E-state index contributed by atoms with van der Waals surface area (Å²) in [4.78, 5) is 0. The molecule has 0 fully saturated rings. The number of rotatable bonds is 6. The van der Waals surface area contributed by atoms with Gasteiger partial charge in [0.2, 0.25) is 0 Å². The molecule has 0 N–H and O–H groups in total. The molecule has 0 saturated carbocycles. The summed E-state index contributed by atoms with van der Waals surface area (Å²) < 4.78 is 11.5. The van der Waals surface area contributed by atoms with Gasteiger partial charge in [0.1, 0.15) is 24.7 Å². The molecule has 22 heavy (non-hydrogen) atoms. The lowest BCUT2D eigenvalue weighted by atomic mass is 10.1. The Bertz CT molecular complexity index is 634. The van der Waals surface area contributed by atoms with E-state index in [-0.39, 0.29) is 0 Å². The highest BCUT2D eigenvalue weighted by atomic mass is 16.5. The van der Waals surface area contributed by atoms with Crippen LogP contribution < -0.4 is 9.47 Å². The van der Waals surface area contributed by atoms with Crippen LogP contribution in [0.2, 0.25) is 0 Å². The molecule has 2 heteroatoms. The molecule has 3 aromatic rings. The highest BCUT2D eigenvalue weighted by Crippen LogP contribution is 2.15. The molecule has 0 aliphatic rings. The number of ether oxygens (including phenoxy) is 2. The lowest BCUT2D eigenvalue weighted by molar-refractivity contribution is 0.300. The van der Waals surface area contributed by atoms with E-state index >= 15 is 0 Å². The van der Waals surface area contributed by atoms with Gasteiger partial charge >= 0.3 is 0 Å². The Kier molecular flexibility index (Phi) is 4.73. The molecule has 0 atom stereocenters. The summed E-state index contributed by atoms with van der Waals surface area (Å²) in [6.07, 6.45) is 0. The molecule has 0 unspecified atom stereocenters. The van der Waals surface area contributed by atoms with Crippen LogP contribution in [0.1, 0.15) is 11.1 Å². The summed E-state index contributed by atoms with van der Waals surface area (Å²) in [7, 11) is 0. The molecule has 0 amide bonds. The normalized spacial score (nSPS) is 10.2. The lowest BCUT2D eigenvalue weighted by Gasteiger charge is -2.09. The van der Waals surface area contributed by atoms with Gasteiger partial charge < -0.3 is 9.47 Å². The molecule has 0 heterocycles. The molecule has 110 valence electrons. The van der Waals surface area contributed by atoms with Crippen LogP contribution in [0.3, 0.4) is 0 Å². The molecule has 0 spiro atoms. The van der Waals surface area contributed by atoms with Gasteiger partial charge in [-0.05, 0) is 41.5 Å². The van der Waals surface area contributed by atoms with E-state index in [4.69, 9.17) is 9.47 Å². The van der Waals surface area contributed by atoms with Crippen molar-refractivity contribution in [3.8, 4) is 11.5 Å². The third-order valence-corrected chi connectivity index (χ3v) is 3.29. The largest absolute Gasteiger partial charge is 0.489 e. The lowest BCUT2D eigenvalue weighted by Crippen LogP contribution is -1.99. The van der Waals surface area contributed by atoms with E-state index in [1.165, 1.54) is 0 Å². The molecule has 0 aromatic heterocycles. The zero-order valence-electron chi connectivity index (χ0n) is 12.3. The zero-order valence-corrected chi connectivity index (χ0v) is 12.3. The Morgan fingerprint density at radius 2 is 0.955 bits per heavy atom. The topological polar surface area (TPSA) is 18.5 Å². The highest BCUT2D eigenvalue weighted by Gasteiger charge is 1.99. The fourth-order valence-electron chi connectivity index (χ4n) is 2.18. The van der Waals surface area contributed by atoms with E-state index in [9.17, 15) is 0 Å². The van der Waals surface area contributed by atoms with Crippen LogP contribution >= 0.6 is 0 Å². The van der Waals surface area contributed by atoms with Gasteiger partial charge in [-0.15, -0.1) is 0 Å². The fraction of sp³-hybridized carbons (Fsp3) is 0.100. The Labute approximate surface area is 131 Å². The monoisotopic (exact) mass is 290 g/mol. The van der Waals surface area contributed by atoms with Gasteiger partial charge in [0, 0.05) is 0 Å². The summed E-state index contributed by atoms with van der Waals surface area (Å²) in [5, 5.41) is 0. The maximum atomic E-state index is 5.77. The summed E-state index contributed by atoms with van der Waals surface area (Å²) >= 11 is 0. The van der Waals surface area contributed by atoms with Gasteiger partial charge in [-0.1, -0.05) is 54.6 Å². The first-order chi connectivity index (χ1) is 10.9. The number of hydrogen-bond acceptors (Lipinski definition) is 2. The third-order valence-electron chi connectivity index (χ3n) is 3.29. The average molecular weight is 290 g/mol. The Balaban J connectivity index is 1.58. The van der Waals surface area contributed by atoms with Crippen molar-refractivity contribution in [3.05, 3.63) is 96.1 Å². The Morgan fingerprint density at radius 3 is 1.41 bits per heavy atom. The van der Waals surface area contributed by atoms with Gasteiger partial charge in [-0.25, -0.2) is 0 Å². The van der Waals surface area contributed by atoms with Gasteiger partial charge in [0.15, 0.2) is 0 Å². The van der Waals surface area contributed by atoms with Crippen molar-refractivity contribution in [2.24, 2.45) is 0 Å². The van der Waals surface area contributed by atoms with Crippen LogP contribution in [0.25, 0.3) is 0 Å². The van der Waals surface area contributed by atoms with E-state index in [1.54, 1.807) is 0 Å². The molecule has 0 bridgehead atoms. The molecular weight excluding hydrogens is 272 g/mol. The quantitative estimate of drug-likeness (QED) is 0.646. The van der Waals surface area contributed by atoms with Crippen molar-refractivity contribution in [1.82, 2.24) is 0 Å². The summed E-state index contributed by atoms with van der Waals surface area (Å²) in [5.41, 5.74) is 2.27. The van der Waals surface area contributed by atoms with Crippen LogP contribution in [-0.2, 0) is 13.2 Å². The first kappa shape index (κ1) is 14.2. The second kappa shape index (κ2) is 7.32. The fourth-order valence-corrected chi connectivity index (χ4v) is 2.18. The predicted octanol–water partition coefficient (Wildman–Crippen LogP) is 4.84. The maximum absolute atomic E-state index is 5.77. The molecule has 0 aliphatic heterocycles. The van der Waals surface area contributed by atoms with Crippen LogP contribution in [0.4, 0.5) is 0 Å². The summed E-state index contributed by atoms with van der Waals surface area (Å²) in [6.45, 7) is 1.12. The first-order valence-electron chi connectivity index (χ1n) is 7.34. The second-order valence-corrected chi connectivity index (χ2v) is 5.02. The van der Waals surface area contributed by atoms with Crippen LogP contribution in [-0.4, -0.2) is 0 Å². The van der Waals surface area contributed by atoms with Crippen molar-refractivity contribution < 1.29 is 9.47 Å². The number of para-hydroxylation sites is 2. The molecule has 2 nitrogen and oxygen atoms in total. The Hall–Kier alpha value is -2.74. The van der Waals surface area contributed by atoms with Gasteiger partial charge in [-0.3, -0.25) is 0 Å². The predicted molar refractivity (Wildman–Crippen MR) is 88.0 cm³/mol. The molecule has 0 saturated heterocycles. The zero-order chi connectivity index (χ0) is 15.0. The SMILES string of the molecule is c1ccc(OCc2cccc(COc3ccccc3)c2)cc1. The Morgan fingerprint density at radius 1 is 0.500 bits per heavy atom. The van der Waals surface area contributed by atoms with E-state index in [1.807, 2.05) is 66.7 Å². The molecule has 3 rings (SSSR count). The van der Waals surface area contributed by atoms with Crippen LogP contribution in [0.5, 0.6) is 11.5 Å². The van der Waals surface area contributed by atoms with Crippen molar-refractivity contribution >= 4 is 0 Å². The van der Waals surface area contributed by atoms with Gasteiger partial charge in [0.05, 0.1) is 0 Å². The maximum Gasteiger partial charge on any atom is 0.119 e. The minimum atomic E-state index is 0.559. The molecule has 3 aromatic carbocycles. The third kappa shape index (κ3) is 4.13. The van der Waals surface area contributed by atoms with Crippen LogP contribution in [0.15, 0.2) is 84.9 Å². The smallest absolute Gasteiger partial charge is 0.119 e. The minimum absolute atomic E-state index is 0.559. The highest BCUT2D eigenvalue weighted by molar-refractivity contribution is 5.26. The van der Waals surface area contributed by atoms with Crippen molar-refractivity contribution in [2.75, 3.05) is 0 Å². The van der Waals surface area contributed by atoms with E-state index in [2.05, 4.69) is 18.2 Å². The van der Waals surface area contributed by atoms with Crippen LogP contribution in [0, 0.1) is 0 Å².